The number of nitrogens with one attached hydrogen (secondary N) is 1. The van der Waals surface area contributed by atoms with E-state index in [4.69, 9.17) is 0 Å². The van der Waals surface area contributed by atoms with Crippen molar-refractivity contribution in [3.8, 4) is 0 Å². The molecular formula is C30H35FN2. The van der Waals surface area contributed by atoms with E-state index in [0.29, 0.717) is 11.5 Å². The van der Waals surface area contributed by atoms with Crippen LogP contribution in [0.2, 0.25) is 0 Å². The number of aryl methyl sites for hydroxylation is 2. The molecule has 1 N–H and O–H groups in total. The van der Waals surface area contributed by atoms with Gasteiger partial charge in [-0.25, -0.2) is 4.39 Å². The van der Waals surface area contributed by atoms with Gasteiger partial charge < -0.3 is 10.2 Å². The van der Waals surface area contributed by atoms with Crippen LogP contribution in [0.15, 0.2) is 91.1 Å². The van der Waals surface area contributed by atoms with Crippen LogP contribution < -0.4 is 5.32 Å². The van der Waals surface area contributed by atoms with E-state index in [1.54, 1.807) is 6.07 Å². The molecule has 3 aromatic rings. The Morgan fingerprint density at radius 3 is 2.33 bits per heavy atom. The summed E-state index contributed by atoms with van der Waals surface area (Å²) in [6, 6.07) is 25.9. The average molecular weight is 443 g/mol. The van der Waals surface area contributed by atoms with Gasteiger partial charge in [0.25, 0.3) is 0 Å². The number of rotatable bonds is 9. The van der Waals surface area contributed by atoms with Crippen LogP contribution in [-0.4, -0.2) is 24.5 Å². The number of nitrogens with zero attached hydrogens (tertiary/aromatic N) is 1. The van der Waals surface area contributed by atoms with E-state index in [9.17, 15) is 4.39 Å². The minimum absolute atomic E-state index is 0.184. The summed E-state index contributed by atoms with van der Waals surface area (Å²) in [5, 5.41) is 3.61. The SMILES string of the molecule is C=C(NC(c1ccc(C)cc1)c1ccccc1F)C1CCN(CCCc2ccccc2)CC1. The monoisotopic (exact) mass is 442 g/mol. The summed E-state index contributed by atoms with van der Waals surface area (Å²) >= 11 is 0. The summed E-state index contributed by atoms with van der Waals surface area (Å²) in [6.45, 7) is 9.79. The van der Waals surface area contributed by atoms with Gasteiger partial charge in [-0.15, -0.1) is 0 Å². The molecule has 1 atom stereocenters. The Bertz CT molecular complexity index is 1020. The van der Waals surface area contributed by atoms with Gasteiger partial charge in [0.15, 0.2) is 0 Å². The molecule has 0 bridgehead atoms. The molecule has 0 aromatic heterocycles. The second kappa shape index (κ2) is 11.3. The van der Waals surface area contributed by atoms with Gasteiger partial charge in [-0.1, -0.05) is 84.9 Å². The smallest absolute Gasteiger partial charge is 0.128 e. The highest BCUT2D eigenvalue weighted by atomic mass is 19.1. The first-order valence-corrected chi connectivity index (χ1v) is 12.1. The van der Waals surface area contributed by atoms with E-state index >= 15 is 0 Å². The van der Waals surface area contributed by atoms with Crippen LogP contribution in [-0.2, 0) is 6.42 Å². The molecule has 1 aliphatic heterocycles. The third-order valence-electron chi connectivity index (χ3n) is 6.82. The van der Waals surface area contributed by atoms with Crippen LogP contribution in [0.3, 0.4) is 0 Å². The zero-order chi connectivity index (χ0) is 23.0. The van der Waals surface area contributed by atoms with Crippen molar-refractivity contribution < 1.29 is 4.39 Å². The van der Waals surface area contributed by atoms with Crippen LogP contribution in [0.5, 0.6) is 0 Å². The number of likely N-dealkylation sites (tertiary alicyclic amines) is 1. The predicted molar refractivity (Wildman–Crippen MR) is 136 cm³/mol. The van der Waals surface area contributed by atoms with Gasteiger partial charge in [0.05, 0.1) is 6.04 Å². The van der Waals surface area contributed by atoms with Crippen molar-refractivity contribution in [1.82, 2.24) is 10.2 Å². The highest BCUT2D eigenvalue weighted by molar-refractivity contribution is 5.35. The van der Waals surface area contributed by atoms with E-state index in [-0.39, 0.29) is 11.9 Å². The lowest BCUT2D eigenvalue weighted by molar-refractivity contribution is 0.193. The van der Waals surface area contributed by atoms with Gasteiger partial charge in [0.2, 0.25) is 0 Å². The molecule has 0 aliphatic carbocycles. The molecule has 0 amide bonds. The van der Waals surface area contributed by atoms with E-state index in [1.165, 1.54) is 23.6 Å². The lowest BCUT2D eigenvalue weighted by atomic mass is 9.91. The fourth-order valence-electron chi connectivity index (χ4n) is 4.77. The summed E-state index contributed by atoms with van der Waals surface area (Å²) in [5.41, 5.74) is 5.36. The van der Waals surface area contributed by atoms with Crippen LogP contribution in [0, 0.1) is 18.7 Å². The quantitative estimate of drug-likeness (QED) is 0.398. The van der Waals surface area contributed by atoms with Crippen LogP contribution in [0.4, 0.5) is 4.39 Å². The van der Waals surface area contributed by atoms with Crippen molar-refractivity contribution in [3.05, 3.63) is 119 Å². The standard InChI is InChI=1S/C30H35FN2/c1-23-14-16-27(17-15-23)30(28-12-6-7-13-29(28)31)32-24(2)26-18-21-33(22-19-26)20-8-11-25-9-4-3-5-10-25/h3-7,9-10,12-17,26,30,32H,2,8,11,18-22H2,1H3. The maximum absolute atomic E-state index is 14.7. The maximum atomic E-state index is 14.7. The second-order valence-electron chi connectivity index (χ2n) is 9.24. The first-order valence-electron chi connectivity index (χ1n) is 12.1. The third kappa shape index (κ3) is 6.33. The van der Waals surface area contributed by atoms with E-state index in [2.05, 4.69) is 78.3 Å². The van der Waals surface area contributed by atoms with E-state index < -0.39 is 0 Å². The number of hydrogen-bond acceptors (Lipinski definition) is 2. The second-order valence-corrected chi connectivity index (χ2v) is 9.24. The topological polar surface area (TPSA) is 15.3 Å². The molecule has 1 heterocycles. The van der Waals surface area contributed by atoms with Crippen molar-refractivity contribution in [1.29, 1.82) is 0 Å². The Morgan fingerprint density at radius 2 is 1.64 bits per heavy atom. The minimum Gasteiger partial charge on any atom is -0.378 e. The Balaban J connectivity index is 1.34. The number of allylic oxidation sites excluding steroid dienone is 1. The molecule has 0 saturated carbocycles. The number of benzene rings is 3. The predicted octanol–water partition coefficient (Wildman–Crippen LogP) is 6.67. The Labute approximate surface area is 198 Å². The summed E-state index contributed by atoms with van der Waals surface area (Å²) in [6.07, 6.45) is 4.51. The van der Waals surface area contributed by atoms with Gasteiger partial charge in [-0.2, -0.15) is 0 Å². The summed E-state index contributed by atoms with van der Waals surface area (Å²) < 4.78 is 14.7. The zero-order valence-electron chi connectivity index (χ0n) is 19.6. The molecule has 0 spiro atoms. The molecule has 33 heavy (non-hydrogen) atoms. The number of halogens is 1. The van der Waals surface area contributed by atoms with Gasteiger partial charge in [-0.3, -0.25) is 0 Å². The maximum Gasteiger partial charge on any atom is 0.128 e. The van der Waals surface area contributed by atoms with Crippen LogP contribution in [0.25, 0.3) is 0 Å². The lowest BCUT2D eigenvalue weighted by Crippen LogP contribution is -2.37. The third-order valence-corrected chi connectivity index (χ3v) is 6.82. The Kier molecular flexibility index (Phi) is 7.96. The summed E-state index contributed by atoms with van der Waals surface area (Å²) in [7, 11) is 0. The summed E-state index contributed by atoms with van der Waals surface area (Å²) in [4.78, 5) is 2.57. The molecule has 2 nitrogen and oxygen atoms in total. The molecule has 0 radical (unpaired) electrons. The molecule has 1 unspecified atom stereocenters. The normalized spacial score (nSPS) is 15.8. The first-order chi connectivity index (χ1) is 16.1. The highest BCUT2D eigenvalue weighted by Gasteiger charge is 2.25. The van der Waals surface area contributed by atoms with E-state index in [0.717, 1.165) is 50.2 Å². The fourth-order valence-corrected chi connectivity index (χ4v) is 4.77. The van der Waals surface area contributed by atoms with Crippen molar-refractivity contribution in [3.63, 3.8) is 0 Å². The van der Waals surface area contributed by atoms with Crippen molar-refractivity contribution >= 4 is 0 Å². The molecule has 3 aromatic carbocycles. The average Bonchev–Trinajstić information content (AvgIpc) is 2.85. The van der Waals surface area contributed by atoms with Crippen molar-refractivity contribution in [2.45, 2.75) is 38.6 Å². The van der Waals surface area contributed by atoms with Crippen molar-refractivity contribution in [2.24, 2.45) is 5.92 Å². The Morgan fingerprint density at radius 1 is 0.970 bits per heavy atom. The zero-order valence-corrected chi connectivity index (χ0v) is 19.6. The lowest BCUT2D eigenvalue weighted by Gasteiger charge is -2.34. The van der Waals surface area contributed by atoms with Crippen LogP contribution in [0.1, 0.15) is 47.6 Å². The molecule has 3 heteroatoms. The molecule has 172 valence electrons. The number of piperidine rings is 1. The van der Waals surface area contributed by atoms with E-state index in [1.807, 2.05) is 12.1 Å². The highest BCUT2D eigenvalue weighted by Crippen LogP contribution is 2.29. The van der Waals surface area contributed by atoms with Gasteiger partial charge in [0.1, 0.15) is 5.82 Å². The molecule has 1 fully saturated rings. The van der Waals surface area contributed by atoms with Gasteiger partial charge in [-0.05, 0) is 69.4 Å². The molecule has 1 saturated heterocycles. The first kappa shape index (κ1) is 23.3. The van der Waals surface area contributed by atoms with Gasteiger partial charge in [0, 0.05) is 17.2 Å². The molecular weight excluding hydrogens is 407 g/mol. The fraction of sp³-hybridized carbons (Fsp3) is 0.333. The Hall–Kier alpha value is -2.91. The molecule has 4 rings (SSSR count). The number of hydrogen-bond donors (Lipinski definition) is 1. The summed E-state index contributed by atoms with van der Waals surface area (Å²) in [5.74, 6) is 0.228. The minimum atomic E-state index is -0.233. The van der Waals surface area contributed by atoms with Crippen LogP contribution >= 0.6 is 0 Å². The van der Waals surface area contributed by atoms with Crippen molar-refractivity contribution in [2.75, 3.05) is 19.6 Å². The van der Waals surface area contributed by atoms with Gasteiger partial charge >= 0.3 is 0 Å². The molecule has 1 aliphatic rings. The largest absolute Gasteiger partial charge is 0.378 e.